The third kappa shape index (κ3) is 4.03. The zero-order valence-electron chi connectivity index (χ0n) is 14.8. The lowest BCUT2D eigenvalue weighted by molar-refractivity contribution is 0.00597. The quantitative estimate of drug-likeness (QED) is 0.834. The molecule has 1 aromatic rings. The lowest BCUT2D eigenvalue weighted by Crippen LogP contribution is -2.54. The maximum absolute atomic E-state index is 12.6. The lowest BCUT2D eigenvalue weighted by Gasteiger charge is -2.41. The molecule has 1 saturated heterocycles. The summed E-state index contributed by atoms with van der Waals surface area (Å²) in [6.45, 7) is 8.62. The first kappa shape index (κ1) is 18.2. The molecule has 0 spiro atoms. The van der Waals surface area contributed by atoms with Gasteiger partial charge in [-0.15, -0.1) is 0 Å². The SMILES string of the molecule is COC(=O)c1cnccc1C1C(C)NCCN1C(=O)OC(C)(C)C. The van der Waals surface area contributed by atoms with Crippen LogP contribution in [0.3, 0.4) is 0 Å². The molecule has 1 amide bonds. The zero-order valence-corrected chi connectivity index (χ0v) is 14.8. The second-order valence-electron chi connectivity index (χ2n) is 6.82. The highest BCUT2D eigenvalue weighted by molar-refractivity contribution is 5.91. The molecular formula is C17H25N3O4. The third-order valence-electron chi connectivity index (χ3n) is 3.84. The Labute approximate surface area is 142 Å². The van der Waals surface area contributed by atoms with Gasteiger partial charge in [0.05, 0.1) is 18.7 Å². The van der Waals surface area contributed by atoms with E-state index in [1.165, 1.54) is 13.3 Å². The van der Waals surface area contributed by atoms with Crippen molar-refractivity contribution in [1.29, 1.82) is 0 Å². The molecule has 2 atom stereocenters. The summed E-state index contributed by atoms with van der Waals surface area (Å²) < 4.78 is 10.4. The fraction of sp³-hybridized carbons (Fsp3) is 0.588. The number of carbonyl (C=O) groups is 2. The van der Waals surface area contributed by atoms with Crippen molar-refractivity contribution in [3.63, 3.8) is 0 Å². The van der Waals surface area contributed by atoms with Crippen LogP contribution in [0, 0.1) is 0 Å². The van der Waals surface area contributed by atoms with Gasteiger partial charge in [-0.3, -0.25) is 9.88 Å². The van der Waals surface area contributed by atoms with E-state index in [2.05, 4.69) is 10.3 Å². The van der Waals surface area contributed by atoms with E-state index in [1.807, 2.05) is 27.7 Å². The van der Waals surface area contributed by atoms with Gasteiger partial charge in [0.1, 0.15) is 5.60 Å². The Balaban J connectivity index is 2.40. The molecular weight excluding hydrogens is 310 g/mol. The summed E-state index contributed by atoms with van der Waals surface area (Å²) in [5.41, 5.74) is 0.468. The highest BCUT2D eigenvalue weighted by Gasteiger charge is 2.37. The Morgan fingerprint density at radius 1 is 1.38 bits per heavy atom. The molecule has 0 aromatic carbocycles. The van der Waals surface area contributed by atoms with Crippen LogP contribution in [0.15, 0.2) is 18.5 Å². The van der Waals surface area contributed by atoms with Crippen LogP contribution in [0.1, 0.15) is 49.7 Å². The largest absolute Gasteiger partial charge is 0.465 e. The van der Waals surface area contributed by atoms with Gasteiger partial charge in [0.15, 0.2) is 0 Å². The van der Waals surface area contributed by atoms with Crippen molar-refractivity contribution in [3.8, 4) is 0 Å². The third-order valence-corrected chi connectivity index (χ3v) is 3.84. The van der Waals surface area contributed by atoms with Crippen molar-refractivity contribution in [1.82, 2.24) is 15.2 Å². The van der Waals surface area contributed by atoms with Crippen LogP contribution in [0.4, 0.5) is 4.79 Å². The molecule has 1 aliphatic rings. The average Bonchev–Trinajstić information content (AvgIpc) is 2.52. The molecule has 0 radical (unpaired) electrons. The van der Waals surface area contributed by atoms with Gasteiger partial charge in [-0.05, 0) is 39.3 Å². The van der Waals surface area contributed by atoms with Crippen molar-refractivity contribution in [3.05, 3.63) is 29.6 Å². The number of esters is 1. The number of aromatic nitrogens is 1. The molecule has 2 heterocycles. The molecule has 7 nitrogen and oxygen atoms in total. The van der Waals surface area contributed by atoms with E-state index in [4.69, 9.17) is 9.47 Å². The lowest BCUT2D eigenvalue weighted by atomic mass is 9.94. The number of piperazine rings is 1. The van der Waals surface area contributed by atoms with Crippen LogP contribution < -0.4 is 5.32 Å². The number of rotatable bonds is 2. The smallest absolute Gasteiger partial charge is 0.410 e. The Hall–Kier alpha value is -2.15. The molecule has 0 aliphatic carbocycles. The molecule has 1 aliphatic heterocycles. The summed E-state index contributed by atoms with van der Waals surface area (Å²) in [7, 11) is 1.33. The van der Waals surface area contributed by atoms with Gasteiger partial charge in [0.2, 0.25) is 0 Å². The van der Waals surface area contributed by atoms with Gasteiger partial charge in [0, 0.05) is 31.5 Å². The first-order chi connectivity index (χ1) is 11.2. The number of pyridine rings is 1. The molecule has 7 heteroatoms. The van der Waals surface area contributed by atoms with E-state index < -0.39 is 17.7 Å². The van der Waals surface area contributed by atoms with Crippen molar-refractivity contribution in [2.75, 3.05) is 20.2 Å². The Kier molecular flexibility index (Phi) is 5.43. The maximum Gasteiger partial charge on any atom is 0.410 e. The minimum atomic E-state index is -0.584. The molecule has 24 heavy (non-hydrogen) atoms. The fourth-order valence-electron chi connectivity index (χ4n) is 2.84. The summed E-state index contributed by atoms with van der Waals surface area (Å²) in [4.78, 5) is 30.4. The number of nitrogens with zero attached hydrogens (tertiary/aromatic N) is 2. The Bertz CT molecular complexity index is 612. The molecule has 1 fully saturated rings. The van der Waals surface area contributed by atoms with E-state index >= 15 is 0 Å². The Morgan fingerprint density at radius 3 is 2.71 bits per heavy atom. The number of hydrogen-bond donors (Lipinski definition) is 1. The van der Waals surface area contributed by atoms with Gasteiger partial charge in [0.25, 0.3) is 0 Å². The summed E-state index contributed by atoms with van der Waals surface area (Å²) in [6, 6.07) is 1.36. The number of methoxy groups -OCH3 is 1. The van der Waals surface area contributed by atoms with Crippen molar-refractivity contribution in [2.45, 2.75) is 45.4 Å². The van der Waals surface area contributed by atoms with Crippen LogP contribution >= 0.6 is 0 Å². The molecule has 1 aromatic heterocycles. The molecule has 2 rings (SSSR count). The van der Waals surface area contributed by atoms with Crippen LogP contribution in [-0.4, -0.2) is 53.8 Å². The van der Waals surface area contributed by atoms with Crippen molar-refractivity contribution < 1.29 is 19.1 Å². The average molecular weight is 335 g/mol. The first-order valence-electron chi connectivity index (χ1n) is 8.00. The highest BCUT2D eigenvalue weighted by Crippen LogP contribution is 2.30. The predicted molar refractivity (Wildman–Crippen MR) is 88.7 cm³/mol. The highest BCUT2D eigenvalue weighted by atomic mass is 16.6. The van der Waals surface area contributed by atoms with Crippen LogP contribution in [0.5, 0.6) is 0 Å². The number of nitrogens with one attached hydrogen (secondary N) is 1. The molecule has 2 unspecified atom stereocenters. The molecule has 0 saturated carbocycles. The number of carbonyl (C=O) groups excluding carboxylic acids is 2. The minimum Gasteiger partial charge on any atom is -0.465 e. The van der Waals surface area contributed by atoms with E-state index in [9.17, 15) is 9.59 Å². The van der Waals surface area contributed by atoms with Gasteiger partial charge in [-0.2, -0.15) is 0 Å². The van der Waals surface area contributed by atoms with Crippen LogP contribution in [0.25, 0.3) is 0 Å². The van der Waals surface area contributed by atoms with Gasteiger partial charge >= 0.3 is 12.1 Å². The van der Waals surface area contributed by atoms with Crippen LogP contribution in [0.2, 0.25) is 0 Å². The van der Waals surface area contributed by atoms with Gasteiger partial charge in [-0.1, -0.05) is 0 Å². The summed E-state index contributed by atoms with van der Waals surface area (Å²) in [5, 5.41) is 3.34. The Morgan fingerprint density at radius 2 is 2.08 bits per heavy atom. The first-order valence-corrected chi connectivity index (χ1v) is 8.00. The second kappa shape index (κ2) is 7.17. The van der Waals surface area contributed by atoms with Crippen molar-refractivity contribution in [2.24, 2.45) is 0 Å². The standard InChI is InChI=1S/C17H25N3O4/c1-11-14(12-6-7-18-10-13(12)15(21)23-5)20(9-8-19-11)16(22)24-17(2,3)4/h6-7,10-11,14,19H,8-9H2,1-5H3. The zero-order chi connectivity index (χ0) is 17.9. The molecule has 132 valence electrons. The number of hydrogen-bond acceptors (Lipinski definition) is 6. The molecule has 0 bridgehead atoms. The normalized spacial score (nSPS) is 21.3. The topological polar surface area (TPSA) is 80.8 Å². The summed E-state index contributed by atoms with van der Waals surface area (Å²) >= 11 is 0. The van der Waals surface area contributed by atoms with Crippen molar-refractivity contribution >= 4 is 12.1 Å². The van der Waals surface area contributed by atoms with E-state index in [0.29, 0.717) is 24.2 Å². The summed E-state index contributed by atoms with van der Waals surface area (Å²) in [6.07, 6.45) is 2.68. The van der Waals surface area contributed by atoms with Gasteiger partial charge < -0.3 is 14.8 Å². The van der Waals surface area contributed by atoms with E-state index in [-0.39, 0.29) is 12.1 Å². The van der Waals surface area contributed by atoms with Crippen LogP contribution in [-0.2, 0) is 9.47 Å². The second-order valence-corrected chi connectivity index (χ2v) is 6.82. The summed E-state index contributed by atoms with van der Waals surface area (Å²) in [5.74, 6) is -0.472. The van der Waals surface area contributed by atoms with Gasteiger partial charge in [-0.25, -0.2) is 9.59 Å². The maximum atomic E-state index is 12.6. The minimum absolute atomic E-state index is 0.0444. The fourth-order valence-corrected chi connectivity index (χ4v) is 2.84. The number of ether oxygens (including phenoxy) is 2. The monoisotopic (exact) mass is 335 g/mol. The number of amides is 1. The van der Waals surface area contributed by atoms with E-state index in [1.54, 1.807) is 17.2 Å². The predicted octanol–water partition coefficient (Wildman–Crippen LogP) is 2.14. The van der Waals surface area contributed by atoms with E-state index in [0.717, 1.165) is 0 Å². The molecule has 1 N–H and O–H groups in total.